The predicted molar refractivity (Wildman–Crippen MR) is 73.6 cm³/mol. The molecule has 0 saturated heterocycles. The number of hydrogen-bond donors (Lipinski definition) is 2. The van der Waals surface area contributed by atoms with E-state index in [1.54, 1.807) is 24.1 Å². The van der Waals surface area contributed by atoms with Gasteiger partial charge in [0.05, 0.1) is 18.9 Å². The summed E-state index contributed by atoms with van der Waals surface area (Å²) in [6.45, 7) is 3.19. The number of fused-ring (bicyclic) bond motifs is 1. The average Bonchev–Trinajstić information content (AvgIpc) is 2.45. The van der Waals surface area contributed by atoms with Crippen molar-refractivity contribution >= 4 is 11.7 Å². The number of nitrogens with one attached hydrogen (secondary N) is 1. The number of urea groups is 1. The SMILES string of the molecule is CCCNC(=O)N1CCC(O)c2cc(OC)ccc21. The van der Waals surface area contributed by atoms with E-state index in [9.17, 15) is 9.90 Å². The van der Waals surface area contributed by atoms with Gasteiger partial charge in [0.25, 0.3) is 0 Å². The van der Waals surface area contributed by atoms with Crippen molar-refractivity contribution in [2.75, 3.05) is 25.1 Å². The number of hydrogen-bond acceptors (Lipinski definition) is 3. The summed E-state index contributed by atoms with van der Waals surface area (Å²) in [5.41, 5.74) is 1.51. The Labute approximate surface area is 113 Å². The van der Waals surface area contributed by atoms with E-state index in [2.05, 4.69) is 5.32 Å². The first-order valence-corrected chi connectivity index (χ1v) is 6.58. The summed E-state index contributed by atoms with van der Waals surface area (Å²) in [5, 5.41) is 12.9. The number of aliphatic hydroxyl groups excluding tert-OH is 1. The first-order chi connectivity index (χ1) is 9.17. The minimum absolute atomic E-state index is 0.111. The second-order valence-electron chi connectivity index (χ2n) is 4.61. The minimum Gasteiger partial charge on any atom is -0.497 e. The van der Waals surface area contributed by atoms with Crippen LogP contribution in [0.3, 0.4) is 0 Å². The quantitative estimate of drug-likeness (QED) is 0.878. The molecule has 2 amide bonds. The molecule has 0 fully saturated rings. The number of amides is 2. The Morgan fingerprint density at radius 2 is 2.37 bits per heavy atom. The van der Waals surface area contributed by atoms with Crippen LogP contribution in [0.15, 0.2) is 18.2 Å². The molecule has 1 aromatic rings. The lowest BCUT2D eigenvalue weighted by molar-refractivity contribution is 0.163. The maximum Gasteiger partial charge on any atom is 0.321 e. The monoisotopic (exact) mass is 264 g/mol. The maximum atomic E-state index is 12.1. The molecule has 1 aliphatic rings. The van der Waals surface area contributed by atoms with Gasteiger partial charge in [0.1, 0.15) is 5.75 Å². The number of ether oxygens (including phenoxy) is 1. The van der Waals surface area contributed by atoms with Crippen LogP contribution in [0.5, 0.6) is 5.75 Å². The summed E-state index contributed by atoms with van der Waals surface area (Å²) in [7, 11) is 1.59. The summed E-state index contributed by atoms with van der Waals surface area (Å²) >= 11 is 0. The molecule has 0 radical (unpaired) electrons. The molecule has 104 valence electrons. The van der Waals surface area contributed by atoms with Gasteiger partial charge in [-0.25, -0.2) is 4.79 Å². The second-order valence-corrected chi connectivity index (χ2v) is 4.61. The van der Waals surface area contributed by atoms with Gasteiger partial charge < -0.3 is 15.2 Å². The third-order valence-electron chi connectivity index (χ3n) is 3.28. The van der Waals surface area contributed by atoms with Crippen molar-refractivity contribution in [1.29, 1.82) is 0 Å². The Bertz CT molecular complexity index is 462. The van der Waals surface area contributed by atoms with E-state index in [1.807, 2.05) is 13.0 Å². The van der Waals surface area contributed by atoms with E-state index >= 15 is 0 Å². The fourth-order valence-corrected chi connectivity index (χ4v) is 2.24. The van der Waals surface area contributed by atoms with Crippen LogP contribution in [-0.2, 0) is 0 Å². The molecule has 1 unspecified atom stereocenters. The van der Waals surface area contributed by atoms with Crippen LogP contribution in [0, 0.1) is 0 Å². The third kappa shape index (κ3) is 2.81. The number of nitrogens with zero attached hydrogens (tertiary/aromatic N) is 1. The van der Waals surface area contributed by atoms with Crippen molar-refractivity contribution in [1.82, 2.24) is 5.32 Å². The summed E-state index contributed by atoms with van der Waals surface area (Å²) in [6.07, 6.45) is 0.900. The van der Waals surface area contributed by atoms with Crippen molar-refractivity contribution in [3.05, 3.63) is 23.8 Å². The number of methoxy groups -OCH3 is 1. The standard InChI is InChI=1S/C14H20N2O3/c1-3-7-15-14(18)16-8-6-13(17)11-9-10(19-2)4-5-12(11)16/h4-5,9,13,17H,3,6-8H2,1-2H3,(H,15,18). The molecule has 0 spiro atoms. The predicted octanol–water partition coefficient (Wildman–Crippen LogP) is 2.06. The molecule has 0 aliphatic carbocycles. The Morgan fingerprint density at radius 1 is 1.58 bits per heavy atom. The fourth-order valence-electron chi connectivity index (χ4n) is 2.24. The zero-order valence-electron chi connectivity index (χ0n) is 11.3. The number of anilines is 1. The second kappa shape index (κ2) is 5.93. The molecule has 1 aromatic carbocycles. The van der Waals surface area contributed by atoms with Crippen molar-refractivity contribution < 1.29 is 14.6 Å². The normalized spacial score (nSPS) is 17.8. The first-order valence-electron chi connectivity index (χ1n) is 6.58. The Morgan fingerprint density at radius 3 is 3.05 bits per heavy atom. The van der Waals surface area contributed by atoms with Crippen molar-refractivity contribution in [3.8, 4) is 5.75 Å². The summed E-state index contributed by atoms with van der Waals surface area (Å²) < 4.78 is 5.16. The van der Waals surface area contributed by atoms with Crippen LogP contribution in [0.2, 0.25) is 0 Å². The molecule has 19 heavy (non-hydrogen) atoms. The highest BCUT2D eigenvalue weighted by Crippen LogP contribution is 2.36. The van der Waals surface area contributed by atoms with E-state index in [0.29, 0.717) is 25.3 Å². The first kappa shape index (κ1) is 13.7. The van der Waals surface area contributed by atoms with E-state index in [1.165, 1.54) is 0 Å². The molecule has 0 saturated carbocycles. The van der Waals surface area contributed by atoms with Gasteiger partial charge in [-0.05, 0) is 31.0 Å². The highest BCUT2D eigenvalue weighted by atomic mass is 16.5. The number of carbonyl (C=O) groups excluding carboxylic acids is 1. The number of aliphatic hydroxyl groups is 1. The van der Waals surface area contributed by atoms with E-state index in [4.69, 9.17) is 4.74 Å². The van der Waals surface area contributed by atoms with Gasteiger partial charge >= 0.3 is 6.03 Å². The summed E-state index contributed by atoms with van der Waals surface area (Å²) in [6, 6.07) is 5.30. The van der Waals surface area contributed by atoms with Gasteiger partial charge in [0.2, 0.25) is 0 Å². The van der Waals surface area contributed by atoms with Crippen LogP contribution >= 0.6 is 0 Å². The average molecular weight is 264 g/mol. The molecule has 5 nitrogen and oxygen atoms in total. The number of rotatable bonds is 3. The zero-order chi connectivity index (χ0) is 13.8. The topological polar surface area (TPSA) is 61.8 Å². The molecule has 0 bridgehead atoms. The highest BCUT2D eigenvalue weighted by Gasteiger charge is 2.27. The number of benzene rings is 1. The maximum absolute atomic E-state index is 12.1. The lowest BCUT2D eigenvalue weighted by Crippen LogP contribution is -2.43. The molecule has 1 aliphatic heterocycles. The van der Waals surface area contributed by atoms with E-state index in [-0.39, 0.29) is 6.03 Å². The summed E-state index contributed by atoms with van der Waals surface area (Å²) in [5.74, 6) is 0.689. The van der Waals surface area contributed by atoms with Gasteiger partial charge in [-0.2, -0.15) is 0 Å². The Kier molecular flexibility index (Phi) is 4.27. The molecular weight excluding hydrogens is 244 g/mol. The van der Waals surface area contributed by atoms with Gasteiger partial charge in [0.15, 0.2) is 0 Å². The minimum atomic E-state index is -0.541. The smallest absolute Gasteiger partial charge is 0.321 e. The van der Waals surface area contributed by atoms with Crippen molar-refractivity contribution in [2.45, 2.75) is 25.9 Å². The van der Waals surface area contributed by atoms with Crippen LogP contribution in [0.4, 0.5) is 10.5 Å². The van der Waals surface area contributed by atoms with Gasteiger partial charge in [0, 0.05) is 18.7 Å². The molecule has 2 rings (SSSR count). The molecule has 0 aromatic heterocycles. The molecule has 1 atom stereocenters. The largest absolute Gasteiger partial charge is 0.497 e. The fraction of sp³-hybridized carbons (Fsp3) is 0.500. The van der Waals surface area contributed by atoms with Crippen LogP contribution in [0.25, 0.3) is 0 Å². The van der Waals surface area contributed by atoms with Gasteiger partial charge in [-0.15, -0.1) is 0 Å². The lowest BCUT2D eigenvalue weighted by Gasteiger charge is -2.32. The van der Waals surface area contributed by atoms with E-state index < -0.39 is 6.10 Å². The highest BCUT2D eigenvalue weighted by molar-refractivity contribution is 5.93. The van der Waals surface area contributed by atoms with Crippen molar-refractivity contribution in [2.24, 2.45) is 0 Å². The van der Waals surface area contributed by atoms with Crippen LogP contribution < -0.4 is 15.0 Å². The number of carbonyl (C=O) groups is 1. The summed E-state index contributed by atoms with van der Waals surface area (Å²) in [4.78, 5) is 13.8. The molecule has 1 heterocycles. The molecular formula is C14H20N2O3. The van der Waals surface area contributed by atoms with Crippen LogP contribution in [0.1, 0.15) is 31.4 Å². The third-order valence-corrected chi connectivity index (χ3v) is 3.28. The van der Waals surface area contributed by atoms with Crippen molar-refractivity contribution in [3.63, 3.8) is 0 Å². The molecule has 2 N–H and O–H groups in total. The molecule has 5 heteroatoms. The van der Waals surface area contributed by atoms with Gasteiger partial charge in [-0.3, -0.25) is 4.90 Å². The zero-order valence-corrected chi connectivity index (χ0v) is 11.3. The Hall–Kier alpha value is -1.75. The van der Waals surface area contributed by atoms with Crippen LogP contribution in [-0.4, -0.2) is 31.3 Å². The van der Waals surface area contributed by atoms with E-state index in [0.717, 1.165) is 17.7 Å². The Balaban J connectivity index is 2.27. The lowest BCUT2D eigenvalue weighted by atomic mass is 9.99. The van der Waals surface area contributed by atoms with Gasteiger partial charge in [-0.1, -0.05) is 6.92 Å².